The van der Waals surface area contributed by atoms with Gasteiger partial charge in [0.2, 0.25) is 0 Å². The van der Waals surface area contributed by atoms with E-state index in [0.29, 0.717) is 9.13 Å². The van der Waals surface area contributed by atoms with Crippen molar-refractivity contribution in [2.45, 2.75) is 24.9 Å². The van der Waals surface area contributed by atoms with Crippen molar-refractivity contribution in [1.82, 2.24) is 5.32 Å². The number of amides is 1. The molecule has 5 heteroatoms. The smallest absolute Gasteiger partial charge is 0.252 e. The van der Waals surface area contributed by atoms with Gasteiger partial charge in [0, 0.05) is 10.1 Å². The van der Waals surface area contributed by atoms with Gasteiger partial charge in [-0.15, -0.1) is 0 Å². The Morgan fingerprint density at radius 3 is 2.76 bits per heavy atom. The van der Waals surface area contributed by atoms with Crippen molar-refractivity contribution in [3.63, 3.8) is 0 Å². The third-order valence-corrected chi connectivity index (χ3v) is 3.93. The number of benzene rings is 1. The third kappa shape index (κ3) is 2.95. The molecule has 0 bridgehead atoms. The van der Waals surface area contributed by atoms with Crippen molar-refractivity contribution in [3.8, 4) is 0 Å². The van der Waals surface area contributed by atoms with Gasteiger partial charge in [0.05, 0.1) is 11.2 Å². The summed E-state index contributed by atoms with van der Waals surface area (Å²) in [6, 6.07) is 4.03. The van der Waals surface area contributed by atoms with Gasteiger partial charge in [-0.3, -0.25) is 4.79 Å². The van der Waals surface area contributed by atoms with E-state index in [0.717, 1.165) is 19.3 Å². The molecule has 1 aromatic rings. The summed E-state index contributed by atoms with van der Waals surface area (Å²) in [7, 11) is 0. The number of hydrogen-bond donors (Lipinski definition) is 2. The van der Waals surface area contributed by atoms with Crippen molar-refractivity contribution >= 4 is 28.5 Å². The molecule has 0 unspecified atom stereocenters. The minimum Gasteiger partial charge on any atom is -0.388 e. The molecule has 2 rings (SSSR count). The van der Waals surface area contributed by atoms with Gasteiger partial charge in [-0.25, -0.2) is 4.39 Å². The Bertz CT molecular complexity index is 446. The fraction of sp³-hybridized carbons (Fsp3) is 0.417. The molecule has 1 aliphatic carbocycles. The Morgan fingerprint density at radius 1 is 1.53 bits per heavy atom. The SMILES string of the molecule is O=C(NCC1(O)CCC1)c1ccc(F)cc1I. The normalized spacial score (nSPS) is 17.4. The van der Waals surface area contributed by atoms with Crippen LogP contribution in [0, 0.1) is 9.39 Å². The minimum absolute atomic E-state index is 0.263. The summed E-state index contributed by atoms with van der Waals surface area (Å²) in [6.45, 7) is 0.263. The summed E-state index contributed by atoms with van der Waals surface area (Å²) in [6.07, 6.45) is 2.46. The van der Waals surface area contributed by atoms with Crippen molar-refractivity contribution < 1.29 is 14.3 Å². The van der Waals surface area contributed by atoms with Crippen LogP contribution in [-0.2, 0) is 0 Å². The molecule has 1 aliphatic rings. The molecule has 1 aromatic carbocycles. The second-order valence-corrected chi connectivity index (χ2v) is 5.55. The number of carbonyl (C=O) groups is 1. The number of nitrogens with one attached hydrogen (secondary N) is 1. The standard InChI is InChI=1S/C12H13FINO2/c13-8-2-3-9(10(14)6-8)11(16)15-7-12(17)4-1-5-12/h2-3,6,17H,1,4-5,7H2,(H,15,16). The second-order valence-electron chi connectivity index (χ2n) is 4.38. The molecule has 0 saturated heterocycles. The van der Waals surface area contributed by atoms with Gasteiger partial charge in [-0.05, 0) is 60.1 Å². The van der Waals surface area contributed by atoms with Gasteiger partial charge < -0.3 is 10.4 Å². The van der Waals surface area contributed by atoms with Crippen LogP contribution in [0.25, 0.3) is 0 Å². The zero-order chi connectivity index (χ0) is 12.5. The molecular formula is C12H13FINO2. The van der Waals surface area contributed by atoms with Gasteiger partial charge in [0.15, 0.2) is 0 Å². The van der Waals surface area contributed by atoms with Crippen LogP contribution in [0.1, 0.15) is 29.6 Å². The van der Waals surface area contributed by atoms with Crippen LogP contribution in [0.2, 0.25) is 0 Å². The molecule has 0 atom stereocenters. The van der Waals surface area contributed by atoms with E-state index in [1.54, 1.807) is 0 Å². The lowest BCUT2D eigenvalue weighted by molar-refractivity contribution is -0.0300. The Labute approximate surface area is 113 Å². The zero-order valence-electron chi connectivity index (χ0n) is 9.17. The largest absolute Gasteiger partial charge is 0.388 e. The van der Waals surface area contributed by atoms with E-state index in [4.69, 9.17) is 0 Å². The second kappa shape index (κ2) is 4.89. The lowest BCUT2D eigenvalue weighted by Crippen LogP contribution is -2.47. The molecule has 0 heterocycles. The van der Waals surface area contributed by atoms with Crippen molar-refractivity contribution in [2.24, 2.45) is 0 Å². The summed E-state index contributed by atoms with van der Waals surface area (Å²) in [5.74, 6) is -0.627. The Hall–Kier alpha value is -0.690. The quantitative estimate of drug-likeness (QED) is 0.821. The molecule has 0 aromatic heterocycles. The van der Waals surface area contributed by atoms with E-state index in [1.807, 2.05) is 22.6 Å². The highest BCUT2D eigenvalue weighted by atomic mass is 127. The lowest BCUT2D eigenvalue weighted by Gasteiger charge is -2.36. The summed E-state index contributed by atoms with van der Waals surface area (Å²) < 4.78 is 13.4. The molecule has 0 spiro atoms. The van der Waals surface area contributed by atoms with Gasteiger partial charge >= 0.3 is 0 Å². The van der Waals surface area contributed by atoms with Crippen LogP contribution in [0.5, 0.6) is 0 Å². The Morgan fingerprint density at radius 2 is 2.24 bits per heavy atom. The number of hydrogen-bond acceptors (Lipinski definition) is 2. The molecule has 1 amide bonds. The van der Waals surface area contributed by atoms with Crippen molar-refractivity contribution in [1.29, 1.82) is 0 Å². The van der Waals surface area contributed by atoms with Crippen LogP contribution in [-0.4, -0.2) is 23.2 Å². The highest BCUT2D eigenvalue weighted by Gasteiger charge is 2.34. The molecule has 2 N–H and O–H groups in total. The first-order valence-corrected chi connectivity index (χ1v) is 6.54. The van der Waals surface area contributed by atoms with E-state index in [1.165, 1.54) is 18.2 Å². The van der Waals surface area contributed by atoms with Gasteiger partial charge in [-0.2, -0.15) is 0 Å². The average Bonchev–Trinajstić information content (AvgIpc) is 2.23. The fourth-order valence-electron chi connectivity index (χ4n) is 1.78. The highest BCUT2D eigenvalue weighted by Crippen LogP contribution is 2.30. The third-order valence-electron chi connectivity index (χ3n) is 3.04. The highest BCUT2D eigenvalue weighted by molar-refractivity contribution is 14.1. The van der Waals surface area contributed by atoms with E-state index in [2.05, 4.69) is 5.32 Å². The fourth-order valence-corrected chi connectivity index (χ4v) is 2.50. The van der Waals surface area contributed by atoms with E-state index >= 15 is 0 Å². The van der Waals surface area contributed by atoms with Crippen LogP contribution in [0.15, 0.2) is 18.2 Å². The van der Waals surface area contributed by atoms with Crippen molar-refractivity contribution in [2.75, 3.05) is 6.54 Å². The summed E-state index contributed by atoms with van der Waals surface area (Å²) in [4.78, 5) is 11.8. The number of halogens is 2. The molecule has 0 aliphatic heterocycles. The molecule has 0 radical (unpaired) electrons. The van der Waals surface area contributed by atoms with Crippen LogP contribution >= 0.6 is 22.6 Å². The first-order chi connectivity index (χ1) is 8.00. The monoisotopic (exact) mass is 349 g/mol. The lowest BCUT2D eigenvalue weighted by atomic mass is 9.80. The van der Waals surface area contributed by atoms with Crippen LogP contribution < -0.4 is 5.32 Å². The number of carbonyl (C=O) groups excluding carboxylic acids is 1. The predicted molar refractivity (Wildman–Crippen MR) is 70.3 cm³/mol. The van der Waals surface area contributed by atoms with Crippen LogP contribution in [0.4, 0.5) is 4.39 Å². The van der Waals surface area contributed by atoms with E-state index in [9.17, 15) is 14.3 Å². The van der Waals surface area contributed by atoms with Crippen LogP contribution in [0.3, 0.4) is 0 Å². The molecule has 3 nitrogen and oxygen atoms in total. The minimum atomic E-state index is -0.735. The van der Waals surface area contributed by atoms with E-state index < -0.39 is 5.60 Å². The summed E-state index contributed by atoms with van der Waals surface area (Å²) >= 11 is 1.92. The topological polar surface area (TPSA) is 49.3 Å². The summed E-state index contributed by atoms with van der Waals surface area (Å²) in [5, 5.41) is 12.5. The number of aliphatic hydroxyl groups is 1. The van der Waals surface area contributed by atoms with Gasteiger partial charge in [0.25, 0.3) is 5.91 Å². The molecular weight excluding hydrogens is 336 g/mol. The maximum atomic E-state index is 12.9. The van der Waals surface area contributed by atoms with Crippen molar-refractivity contribution in [3.05, 3.63) is 33.1 Å². The van der Waals surface area contributed by atoms with Gasteiger partial charge in [0.1, 0.15) is 5.82 Å². The molecule has 1 fully saturated rings. The average molecular weight is 349 g/mol. The van der Waals surface area contributed by atoms with Gasteiger partial charge in [-0.1, -0.05) is 0 Å². The number of rotatable bonds is 3. The van der Waals surface area contributed by atoms with E-state index in [-0.39, 0.29) is 18.3 Å². The Kier molecular flexibility index (Phi) is 3.67. The predicted octanol–water partition coefficient (Wildman–Crippen LogP) is 2.08. The molecule has 1 saturated carbocycles. The maximum absolute atomic E-state index is 12.9. The molecule has 17 heavy (non-hydrogen) atoms. The maximum Gasteiger partial charge on any atom is 0.252 e. The molecule has 92 valence electrons. The Balaban J connectivity index is 1.99. The first-order valence-electron chi connectivity index (χ1n) is 5.46. The first kappa shape index (κ1) is 12.8. The zero-order valence-corrected chi connectivity index (χ0v) is 11.3. The summed E-state index contributed by atoms with van der Waals surface area (Å²) in [5.41, 5.74) is -0.295.